The molecule has 0 aromatic heterocycles. The van der Waals surface area contributed by atoms with E-state index in [0.29, 0.717) is 6.42 Å². The van der Waals surface area contributed by atoms with E-state index in [0.717, 1.165) is 0 Å². The molecular formula is C10H19NO5S. The highest BCUT2D eigenvalue weighted by Crippen LogP contribution is 1.98. The molecule has 0 saturated carbocycles. The summed E-state index contributed by atoms with van der Waals surface area (Å²) in [6.07, 6.45) is 0.711. The van der Waals surface area contributed by atoms with Crippen molar-refractivity contribution in [2.45, 2.75) is 39.2 Å². The van der Waals surface area contributed by atoms with Crippen LogP contribution in [0.15, 0.2) is 0 Å². The molecule has 6 nitrogen and oxygen atoms in total. The molecule has 0 spiro atoms. The summed E-state index contributed by atoms with van der Waals surface area (Å²) in [7, 11) is -3.34. The van der Waals surface area contributed by atoms with Crippen molar-refractivity contribution in [2.24, 2.45) is 0 Å². The fourth-order valence-corrected chi connectivity index (χ4v) is 2.56. The summed E-state index contributed by atoms with van der Waals surface area (Å²) in [5, 5.41) is 10.9. The fourth-order valence-electron chi connectivity index (χ4n) is 1.31. The van der Waals surface area contributed by atoms with Crippen LogP contribution in [0.25, 0.3) is 0 Å². The van der Waals surface area contributed by atoms with Crippen LogP contribution in [0.5, 0.6) is 0 Å². The summed E-state index contributed by atoms with van der Waals surface area (Å²) < 4.78 is 22.7. The van der Waals surface area contributed by atoms with Gasteiger partial charge in [0.05, 0.1) is 5.75 Å². The topological polar surface area (TPSA) is 101 Å². The van der Waals surface area contributed by atoms with Crippen molar-refractivity contribution in [3.63, 3.8) is 0 Å². The van der Waals surface area contributed by atoms with Crippen LogP contribution in [0, 0.1) is 0 Å². The van der Waals surface area contributed by atoms with Crippen LogP contribution in [0.2, 0.25) is 0 Å². The largest absolute Gasteiger partial charge is 0.481 e. The van der Waals surface area contributed by atoms with Gasteiger partial charge in [-0.15, -0.1) is 0 Å². The van der Waals surface area contributed by atoms with E-state index in [-0.39, 0.29) is 24.6 Å². The number of hydrogen-bond donors (Lipinski definition) is 2. The van der Waals surface area contributed by atoms with Crippen LogP contribution in [-0.4, -0.2) is 42.9 Å². The molecule has 0 rings (SSSR count). The summed E-state index contributed by atoms with van der Waals surface area (Å²) in [5.74, 6) is -2.05. The van der Waals surface area contributed by atoms with Gasteiger partial charge in [-0.05, 0) is 19.8 Å². The summed E-state index contributed by atoms with van der Waals surface area (Å²) >= 11 is 0. The van der Waals surface area contributed by atoms with Gasteiger partial charge in [0.25, 0.3) is 0 Å². The third-order valence-electron chi connectivity index (χ3n) is 2.06. The standard InChI is InChI=1S/C10H19NO5S/c1-3-6-17(15,16)7-9(12)11-8(2)4-5-10(13)14/h8H,3-7H2,1-2H3,(H,11,12)(H,13,14). The second kappa shape index (κ2) is 7.26. The third-order valence-corrected chi connectivity index (χ3v) is 3.80. The molecule has 0 aromatic rings. The fraction of sp³-hybridized carbons (Fsp3) is 0.800. The predicted octanol–water partition coefficient (Wildman–Crippen LogP) is 0.181. The molecule has 0 aliphatic heterocycles. The zero-order valence-corrected chi connectivity index (χ0v) is 10.9. The first-order valence-corrected chi connectivity index (χ1v) is 7.30. The van der Waals surface area contributed by atoms with Crippen LogP contribution in [0.4, 0.5) is 0 Å². The second-order valence-electron chi connectivity index (χ2n) is 3.99. The Labute approximate surface area is 101 Å². The summed E-state index contributed by atoms with van der Waals surface area (Å²) in [5.41, 5.74) is 0. The van der Waals surface area contributed by atoms with E-state index < -0.39 is 27.5 Å². The van der Waals surface area contributed by atoms with Crippen LogP contribution in [-0.2, 0) is 19.4 Å². The maximum Gasteiger partial charge on any atom is 0.303 e. The second-order valence-corrected chi connectivity index (χ2v) is 6.18. The van der Waals surface area contributed by atoms with Gasteiger partial charge in [0.2, 0.25) is 5.91 Å². The molecule has 0 aliphatic carbocycles. The van der Waals surface area contributed by atoms with Crippen LogP contribution in [0.3, 0.4) is 0 Å². The van der Waals surface area contributed by atoms with E-state index in [4.69, 9.17) is 5.11 Å². The molecule has 0 saturated heterocycles. The average molecular weight is 265 g/mol. The van der Waals surface area contributed by atoms with E-state index in [1.165, 1.54) is 0 Å². The van der Waals surface area contributed by atoms with E-state index in [1.807, 2.05) is 0 Å². The van der Waals surface area contributed by atoms with Crippen molar-refractivity contribution in [1.29, 1.82) is 0 Å². The Morgan fingerprint density at radius 2 is 1.94 bits per heavy atom. The van der Waals surface area contributed by atoms with E-state index in [1.54, 1.807) is 13.8 Å². The number of nitrogens with one attached hydrogen (secondary N) is 1. The van der Waals surface area contributed by atoms with Gasteiger partial charge in [-0.2, -0.15) is 0 Å². The molecule has 1 atom stereocenters. The molecule has 0 heterocycles. The van der Waals surface area contributed by atoms with Gasteiger partial charge in [-0.1, -0.05) is 6.92 Å². The van der Waals surface area contributed by atoms with Crippen molar-refractivity contribution >= 4 is 21.7 Å². The Hall–Kier alpha value is -1.11. The Balaban J connectivity index is 4.05. The lowest BCUT2D eigenvalue weighted by molar-refractivity contribution is -0.137. The highest BCUT2D eigenvalue weighted by molar-refractivity contribution is 7.92. The van der Waals surface area contributed by atoms with Crippen LogP contribution in [0.1, 0.15) is 33.1 Å². The number of aliphatic carboxylic acids is 1. The van der Waals surface area contributed by atoms with Gasteiger partial charge in [0, 0.05) is 12.5 Å². The van der Waals surface area contributed by atoms with Gasteiger partial charge in [0.1, 0.15) is 5.75 Å². The van der Waals surface area contributed by atoms with Crippen molar-refractivity contribution in [3.05, 3.63) is 0 Å². The third kappa shape index (κ3) is 8.67. The lowest BCUT2D eigenvalue weighted by Crippen LogP contribution is -2.37. The van der Waals surface area contributed by atoms with Crippen molar-refractivity contribution < 1.29 is 23.1 Å². The first-order valence-electron chi connectivity index (χ1n) is 5.48. The lowest BCUT2D eigenvalue weighted by atomic mass is 10.2. The zero-order chi connectivity index (χ0) is 13.5. The number of sulfone groups is 1. The predicted molar refractivity (Wildman–Crippen MR) is 63.4 cm³/mol. The van der Waals surface area contributed by atoms with Gasteiger partial charge in [0.15, 0.2) is 9.84 Å². The monoisotopic (exact) mass is 265 g/mol. The van der Waals surface area contributed by atoms with Crippen molar-refractivity contribution in [1.82, 2.24) is 5.32 Å². The average Bonchev–Trinajstić information content (AvgIpc) is 2.13. The quantitative estimate of drug-likeness (QED) is 0.652. The summed E-state index contributed by atoms with van der Waals surface area (Å²) in [6.45, 7) is 3.37. The van der Waals surface area contributed by atoms with Crippen LogP contribution >= 0.6 is 0 Å². The lowest BCUT2D eigenvalue weighted by Gasteiger charge is -2.12. The van der Waals surface area contributed by atoms with E-state index in [9.17, 15) is 18.0 Å². The number of amides is 1. The molecular weight excluding hydrogens is 246 g/mol. The summed E-state index contributed by atoms with van der Waals surface area (Å²) in [4.78, 5) is 21.6. The van der Waals surface area contributed by atoms with Crippen molar-refractivity contribution in [2.75, 3.05) is 11.5 Å². The molecule has 0 bridgehead atoms. The normalized spacial score (nSPS) is 13.1. The Kier molecular flexibility index (Phi) is 6.79. The Morgan fingerprint density at radius 1 is 1.35 bits per heavy atom. The Bertz CT molecular complexity index is 363. The van der Waals surface area contributed by atoms with Gasteiger partial charge in [-0.3, -0.25) is 9.59 Å². The molecule has 1 amide bonds. The summed E-state index contributed by atoms with van der Waals surface area (Å²) in [6, 6.07) is -0.338. The maximum absolute atomic E-state index is 11.4. The molecule has 0 radical (unpaired) electrons. The number of carbonyl (C=O) groups is 2. The SMILES string of the molecule is CCCS(=O)(=O)CC(=O)NC(C)CCC(=O)O. The van der Waals surface area contributed by atoms with Gasteiger partial charge >= 0.3 is 5.97 Å². The molecule has 0 aromatic carbocycles. The smallest absolute Gasteiger partial charge is 0.303 e. The number of hydrogen-bond acceptors (Lipinski definition) is 4. The minimum atomic E-state index is -3.34. The minimum Gasteiger partial charge on any atom is -0.481 e. The van der Waals surface area contributed by atoms with Gasteiger partial charge in [-0.25, -0.2) is 8.42 Å². The number of carboxylic acid groups (broad SMARTS) is 1. The minimum absolute atomic E-state index is 0.00999. The number of rotatable bonds is 8. The highest BCUT2D eigenvalue weighted by atomic mass is 32.2. The molecule has 100 valence electrons. The van der Waals surface area contributed by atoms with Gasteiger partial charge < -0.3 is 10.4 Å². The van der Waals surface area contributed by atoms with Crippen LogP contribution < -0.4 is 5.32 Å². The first kappa shape index (κ1) is 15.9. The Morgan fingerprint density at radius 3 is 2.41 bits per heavy atom. The molecule has 7 heteroatoms. The number of carbonyl (C=O) groups excluding carboxylic acids is 1. The van der Waals surface area contributed by atoms with E-state index >= 15 is 0 Å². The molecule has 0 fully saturated rings. The highest BCUT2D eigenvalue weighted by Gasteiger charge is 2.17. The van der Waals surface area contributed by atoms with Crippen molar-refractivity contribution in [3.8, 4) is 0 Å². The molecule has 1 unspecified atom stereocenters. The van der Waals surface area contributed by atoms with E-state index in [2.05, 4.69) is 5.32 Å². The molecule has 2 N–H and O–H groups in total. The maximum atomic E-state index is 11.4. The zero-order valence-electron chi connectivity index (χ0n) is 10.1. The first-order chi connectivity index (χ1) is 7.76. The molecule has 0 aliphatic rings. The number of carboxylic acids is 1. The molecule has 17 heavy (non-hydrogen) atoms.